The van der Waals surface area contributed by atoms with Gasteiger partial charge in [0.25, 0.3) is 5.91 Å². The Labute approximate surface area is 146 Å². The number of carbonyl (C=O) groups is 1. The third-order valence-electron chi connectivity index (χ3n) is 3.80. The van der Waals surface area contributed by atoms with E-state index < -0.39 is 5.91 Å². The molecular weight excluding hydrogens is 314 g/mol. The van der Waals surface area contributed by atoms with Crippen molar-refractivity contribution in [3.05, 3.63) is 53.3 Å². The first-order valence-electron chi connectivity index (χ1n) is 8.17. The van der Waals surface area contributed by atoms with E-state index in [0.29, 0.717) is 11.2 Å². The predicted octanol–water partition coefficient (Wildman–Crippen LogP) is 3.53. The topological polar surface area (TPSA) is 88.2 Å². The Bertz CT molecular complexity index is 942. The first kappa shape index (κ1) is 16.8. The molecule has 0 saturated heterocycles. The Morgan fingerprint density at radius 3 is 2.56 bits per heavy atom. The number of allylic oxidation sites excluding steroid dienone is 1. The molecule has 0 aliphatic heterocycles. The SMILES string of the molecule is CC(=Cc1ccccc1)c1[nH]c2c(C(N)=O)cnn2c1NC(C)(C)C. The summed E-state index contributed by atoms with van der Waals surface area (Å²) in [5.41, 5.74) is 9.26. The molecule has 0 atom stereocenters. The number of nitrogens with zero attached hydrogens (tertiary/aromatic N) is 2. The molecule has 0 aliphatic rings. The maximum absolute atomic E-state index is 11.7. The molecule has 4 N–H and O–H groups in total. The number of nitrogens with one attached hydrogen (secondary N) is 2. The number of fused-ring (bicyclic) bond motifs is 1. The van der Waals surface area contributed by atoms with Crippen LogP contribution in [-0.2, 0) is 0 Å². The van der Waals surface area contributed by atoms with E-state index in [4.69, 9.17) is 5.73 Å². The molecule has 1 amide bonds. The molecule has 0 aliphatic carbocycles. The molecule has 0 bridgehead atoms. The molecule has 3 rings (SSSR count). The molecule has 25 heavy (non-hydrogen) atoms. The molecule has 2 aromatic heterocycles. The molecule has 130 valence electrons. The van der Waals surface area contributed by atoms with Crippen LogP contribution in [0, 0.1) is 0 Å². The van der Waals surface area contributed by atoms with Crippen LogP contribution in [0.4, 0.5) is 5.82 Å². The Morgan fingerprint density at radius 2 is 1.96 bits per heavy atom. The van der Waals surface area contributed by atoms with Crippen LogP contribution >= 0.6 is 0 Å². The summed E-state index contributed by atoms with van der Waals surface area (Å²) < 4.78 is 1.70. The molecule has 0 saturated carbocycles. The van der Waals surface area contributed by atoms with E-state index in [1.165, 1.54) is 6.20 Å². The van der Waals surface area contributed by atoms with Crippen molar-refractivity contribution >= 4 is 29.0 Å². The van der Waals surface area contributed by atoms with E-state index in [2.05, 4.69) is 42.2 Å². The first-order chi connectivity index (χ1) is 11.8. The summed E-state index contributed by atoms with van der Waals surface area (Å²) in [6, 6.07) is 10.1. The summed E-state index contributed by atoms with van der Waals surface area (Å²) in [6.45, 7) is 8.25. The summed E-state index contributed by atoms with van der Waals surface area (Å²) >= 11 is 0. The Balaban J connectivity index is 2.17. The van der Waals surface area contributed by atoms with E-state index in [-0.39, 0.29) is 5.54 Å². The number of anilines is 1. The van der Waals surface area contributed by atoms with E-state index in [1.54, 1.807) is 4.52 Å². The average molecular weight is 337 g/mol. The number of aromatic amines is 1. The van der Waals surface area contributed by atoms with Gasteiger partial charge in [-0.3, -0.25) is 4.79 Å². The third-order valence-corrected chi connectivity index (χ3v) is 3.80. The smallest absolute Gasteiger partial charge is 0.254 e. The van der Waals surface area contributed by atoms with Gasteiger partial charge in [0, 0.05) is 5.54 Å². The summed E-state index contributed by atoms with van der Waals surface area (Å²) in [4.78, 5) is 15.0. The number of benzene rings is 1. The van der Waals surface area contributed by atoms with Gasteiger partial charge < -0.3 is 16.0 Å². The first-order valence-corrected chi connectivity index (χ1v) is 8.17. The van der Waals surface area contributed by atoms with Gasteiger partial charge in [-0.1, -0.05) is 30.3 Å². The summed E-state index contributed by atoms with van der Waals surface area (Å²) in [6.07, 6.45) is 3.57. The fraction of sp³-hybridized carbons (Fsp3) is 0.263. The van der Waals surface area contributed by atoms with Crippen LogP contribution in [-0.4, -0.2) is 26.0 Å². The second kappa shape index (κ2) is 6.12. The van der Waals surface area contributed by atoms with E-state index in [1.807, 2.05) is 37.3 Å². The fourth-order valence-corrected chi connectivity index (χ4v) is 2.73. The van der Waals surface area contributed by atoms with Gasteiger partial charge in [-0.2, -0.15) is 9.61 Å². The van der Waals surface area contributed by atoms with Crippen LogP contribution < -0.4 is 11.1 Å². The highest BCUT2D eigenvalue weighted by Crippen LogP contribution is 2.29. The fourth-order valence-electron chi connectivity index (χ4n) is 2.73. The number of imidazole rings is 1. The Kier molecular flexibility index (Phi) is 4.12. The van der Waals surface area contributed by atoms with Gasteiger partial charge >= 0.3 is 0 Å². The van der Waals surface area contributed by atoms with Crippen molar-refractivity contribution in [3.63, 3.8) is 0 Å². The molecular formula is C19H23N5O. The lowest BCUT2D eigenvalue weighted by Crippen LogP contribution is -2.27. The summed E-state index contributed by atoms with van der Waals surface area (Å²) in [5, 5.41) is 7.80. The van der Waals surface area contributed by atoms with Crippen LogP contribution in [0.5, 0.6) is 0 Å². The van der Waals surface area contributed by atoms with E-state index >= 15 is 0 Å². The minimum Gasteiger partial charge on any atom is -0.365 e. The van der Waals surface area contributed by atoms with Crippen molar-refractivity contribution in [1.82, 2.24) is 14.6 Å². The zero-order valence-corrected chi connectivity index (χ0v) is 14.9. The highest BCUT2D eigenvalue weighted by atomic mass is 16.1. The lowest BCUT2D eigenvalue weighted by atomic mass is 10.1. The lowest BCUT2D eigenvalue weighted by Gasteiger charge is -2.22. The summed E-state index contributed by atoms with van der Waals surface area (Å²) in [7, 11) is 0. The average Bonchev–Trinajstić information content (AvgIpc) is 3.07. The number of amides is 1. The number of primary amides is 1. The number of hydrogen-bond acceptors (Lipinski definition) is 3. The van der Waals surface area contributed by atoms with Gasteiger partial charge in [-0.15, -0.1) is 0 Å². The third kappa shape index (κ3) is 3.42. The van der Waals surface area contributed by atoms with Gasteiger partial charge in [0.1, 0.15) is 11.2 Å². The molecule has 6 nitrogen and oxygen atoms in total. The minimum absolute atomic E-state index is 0.171. The zero-order chi connectivity index (χ0) is 18.2. The van der Waals surface area contributed by atoms with Gasteiger partial charge in [0.05, 0.1) is 11.9 Å². The van der Waals surface area contributed by atoms with E-state index in [9.17, 15) is 4.79 Å². The second-order valence-corrected chi connectivity index (χ2v) is 7.14. The highest BCUT2D eigenvalue weighted by molar-refractivity contribution is 5.99. The Morgan fingerprint density at radius 1 is 1.28 bits per heavy atom. The van der Waals surface area contributed by atoms with Crippen molar-refractivity contribution < 1.29 is 4.79 Å². The van der Waals surface area contributed by atoms with Crippen molar-refractivity contribution in [2.24, 2.45) is 5.73 Å². The van der Waals surface area contributed by atoms with Gasteiger partial charge in [-0.25, -0.2) is 0 Å². The van der Waals surface area contributed by atoms with Crippen LogP contribution in [0.2, 0.25) is 0 Å². The van der Waals surface area contributed by atoms with Crippen molar-refractivity contribution in [2.45, 2.75) is 33.2 Å². The van der Waals surface area contributed by atoms with Crippen LogP contribution in [0.25, 0.3) is 17.3 Å². The number of H-pyrrole nitrogens is 1. The number of aromatic nitrogens is 3. The number of carbonyl (C=O) groups excluding carboxylic acids is 1. The van der Waals surface area contributed by atoms with Gasteiger partial charge in [0.2, 0.25) is 0 Å². The molecule has 1 aromatic carbocycles. The van der Waals surface area contributed by atoms with Crippen molar-refractivity contribution in [3.8, 4) is 0 Å². The molecule has 0 radical (unpaired) electrons. The van der Waals surface area contributed by atoms with Crippen molar-refractivity contribution in [1.29, 1.82) is 0 Å². The largest absolute Gasteiger partial charge is 0.365 e. The predicted molar refractivity (Wildman–Crippen MR) is 101 cm³/mol. The minimum atomic E-state index is -0.505. The molecule has 0 unspecified atom stereocenters. The molecule has 0 spiro atoms. The molecule has 6 heteroatoms. The van der Waals surface area contributed by atoms with Crippen LogP contribution in [0.3, 0.4) is 0 Å². The highest BCUT2D eigenvalue weighted by Gasteiger charge is 2.22. The normalized spacial score (nSPS) is 12.6. The van der Waals surface area contributed by atoms with Gasteiger partial charge in [0.15, 0.2) is 5.82 Å². The maximum Gasteiger partial charge on any atom is 0.254 e. The van der Waals surface area contributed by atoms with E-state index in [0.717, 1.165) is 22.6 Å². The van der Waals surface area contributed by atoms with Gasteiger partial charge in [-0.05, 0) is 44.9 Å². The molecule has 2 heterocycles. The monoisotopic (exact) mass is 337 g/mol. The van der Waals surface area contributed by atoms with Crippen molar-refractivity contribution in [2.75, 3.05) is 5.32 Å². The molecule has 0 fully saturated rings. The zero-order valence-electron chi connectivity index (χ0n) is 14.9. The summed E-state index contributed by atoms with van der Waals surface area (Å²) in [5.74, 6) is 0.300. The van der Waals surface area contributed by atoms with Crippen LogP contribution in [0.15, 0.2) is 36.5 Å². The quantitative estimate of drug-likeness (QED) is 0.680. The number of hydrogen-bond donors (Lipinski definition) is 3. The molecule has 3 aromatic rings. The Hall–Kier alpha value is -3.02. The number of rotatable bonds is 4. The second-order valence-electron chi connectivity index (χ2n) is 7.14. The standard InChI is InChI=1S/C19H23N5O/c1-12(10-13-8-6-5-7-9-13)15-18(23-19(2,3)4)24-17(22-15)14(11-21-24)16(20)25/h5-11,22-23H,1-4H3,(H2,20,25). The lowest BCUT2D eigenvalue weighted by molar-refractivity contribution is 0.100. The maximum atomic E-state index is 11.7. The number of nitrogens with two attached hydrogens (primary N) is 1. The van der Waals surface area contributed by atoms with Crippen LogP contribution in [0.1, 0.15) is 49.3 Å².